The van der Waals surface area contributed by atoms with Crippen LogP contribution in [0, 0.1) is 0 Å². The lowest BCUT2D eigenvalue weighted by molar-refractivity contribution is -0.147. The van der Waals surface area contributed by atoms with Crippen molar-refractivity contribution in [2.24, 2.45) is 0 Å². The van der Waals surface area contributed by atoms with Gasteiger partial charge in [-0.15, -0.1) is 0 Å². The van der Waals surface area contributed by atoms with Crippen molar-refractivity contribution in [3.8, 4) is 0 Å². The van der Waals surface area contributed by atoms with Crippen molar-refractivity contribution in [3.05, 3.63) is 0 Å². The summed E-state index contributed by atoms with van der Waals surface area (Å²) in [5.41, 5.74) is -0.626. The zero-order valence-corrected chi connectivity index (χ0v) is 11.7. The van der Waals surface area contributed by atoms with Gasteiger partial charge in [-0.25, -0.2) is 0 Å². The van der Waals surface area contributed by atoms with Crippen molar-refractivity contribution in [2.75, 3.05) is 13.7 Å². The Hall–Kier alpha value is -1.10. The van der Waals surface area contributed by atoms with E-state index in [1.807, 2.05) is 0 Å². The molecule has 0 aromatic heterocycles. The summed E-state index contributed by atoms with van der Waals surface area (Å²) >= 11 is 0. The van der Waals surface area contributed by atoms with E-state index in [-0.39, 0.29) is 12.3 Å². The lowest BCUT2D eigenvalue weighted by atomic mass is 9.84. The smallest absolute Gasteiger partial charge is 0.303 e. The van der Waals surface area contributed by atoms with Gasteiger partial charge in [-0.1, -0.05) is 25.7 Å². The molecule has 19 heavy (non-hydrogen) atoms. The van der Waals surface area contributed by atoms with E-state index >= 15 is 0 Å². The van der Waals surface area contributed by atoms with Crippen LogP contribution in [-0.2, 0) is 14.3 Å². The first-order valence-corrected chi connectivity index (χ1v) is 7.16. The number of carboxylic acids is 1. The number of hydrogen-bond acceptors (Lipinski definition) is 3. The average Bonchev–Trinajstić information content (AvgIpc) is 2.42. The third-order valence-corrected chi connectivity index (χ3v) is 3.82. The summed E-state index contributed by atoms with van der Waals surface area (Å²) in [6.45, 7) is 0.601. The highest BCUT2D eigenvalue weighted by molar-refractivity contribution is 5.85. The molecular weight excluding hydrogens is 246 g/mol. The van der Waals surface area contributed by atoms with Gasteiger partial charge in [0.25, 0.3) is 5.91 Å². The summed E-state index contributed by atoms with van der Waals surface area (Å²) < 4.78 is 5.46. The number of amides is 1. The first kappa shape index (κ1) is 16.0. The fourth-order valence-electron chi connectivity index (χ4n) is 2.59. The quantitative estimate of drug-likeness (QED) is 0.663. The number of methoxy groups -OCH3 is 1. The van der Waals surface area contributed by atoms with Crippen molar-refractivity contribution in [1.29, 1.82) is 0 Å². The Morgan fingerprint density at radius 1 is 1.16 bits per heavy atom. The van der Waals surface area contributed by atoms with Crippen molar-refractivity contribution >= 4 is 11.9 Å². The van der Waals surface area contributed by atoms with Crippen LogP contribution >= 0.6 is 0 Å². The minimum atomic E-state index is -0.760. The first-order valence-electron chi connectivity index (χ1n) is 7.16. The molecule has 0 aliphatic heterocycles. The third kappa shape index (κ3) is 5.19. The Labute approximate surface area is 114 Å². The molecule has 0 aromatic rings. The van der Waals surface area contributed by atoms with E-state index in [9.17, 15) is 9.59 Å². The molecule has 1 amide bonds. The molecule has 1 fully saturated rings. The number of carbonyl (C=O) groups is 2. The van der Waals surface area contributed by atoms with Crippen LogP contribution < -0.4 is 5.32 Å². The van der Waals surface area contributed by atoms with Crippen LogP contribution in [0.3, 0.4) is 0 Å². The van der Waals surface area contributed by atoms with E-state index in [1.165, 1.54) is 6.42 Å². The topological polar surface area (TPSA) is 75.6 Å². The third-order valence-electron chi connectivity index (χ3n) is 3.82. The second-order valence-electron chi connectivity index (χ2n) is 5.22. The molecule has 2 N–H and O–H groups in total. The van der Waals surface area contributed by atoms with E-state index in [0.717, 1.165) is 38.5 Å². The van der Waals surface area contributed by atoms with Crippen LogP contribution in [0.1, 0.15) is 57.8 Å². The maximum Gasteiger partial charge on any atom is 0.303 e. The van der Waals surface area contributed by atoms with Crippen LogP contribution in [0.25, 0.3) is 0 Å². The molecule has 110 valence electrons. The lowest BCUT2D eigenvalue weighted by Gasteiger charge is -2.34. The van der Waals surface area contributed by atoms with Gasteiger partial charge in [-0.05, 0) is 25.7 Å². The monoisotopic (exact) mass is 271 g/mol. The van der Waals surface area contributed by atoms with Gasteiger partial charge in [0, 0.05) is 20.1 Å². The molecule has 0 saturated heterocycles. The Morgan fingerprint density at radius 2 is 1.84 bits per heavy atom. The highest BCUT2D eigenvalue weighted by Crippen LogP contribution is 2.31. The SMILES string of the molecule is COC1(C(=O)NCCCCCC(=O)O)CCCCC1. The maximum atomic E-state index is 12.2. The molecule has 0 spiro atoms. The summed E-state index contributed by atoms with van der Waals surface area (Å²) in [6.07, 6.45) is 7.37. The van der Waals surface area contributed by atoms with Crippen molar-refractivity contribution in [1.82, 2.24) is 5.32 Å². The zero-order chi connectivity index (χ0) is 14.1. The fourth-order valence-corrected chi connectivity index (χ4v) is 2.59. The van der Waals surface area contributed by atoms with Crippen LogP contribution in [0.15, 0.2) is 0 Å². The van der Waals surface area contributed by atoms with Gasteiger partial charge in [-0.2, -0.15) is 0 Å². The van der Waals surface area contributed by atoms with E-state index in [2.05, 4.69) is 5.32 Å². The van der Waals surface area contributed by atoms with Gasteiger partial charge >= 0.3 is 5.97 Å². The predicted molar refractivity (Wildman–Crippen MR) is 71.9 cm³/mol. The molecule has 5 heteroatoms. The number of ether oxygens (including phenoxy) is 1. The maximum absolute atomic E-state index is 12.2. The minimum Gasteiger partial charge on any atom is -0.481 e. The highest BCUT2D eigenvalue weighted by atomic mass is 16.5. The fraction of sp³-hybridized carbons (Fsp3) is 0.857. The molecule has 1 saturated carbocycles. The molecule has 5 nitrogen and oxygen atoms in total. The summed E-state index contributed by atoms with van der Waals surface area (Å²) in [5.74, 6) is -0.766. The van der Waals surface area contributed by atoms with Crippen molar-refractivity contribution in [2.45, 2.75) is 63.4 Å². The molecule has 0 bridgehead atoms. The molecule has 0 aromatic carbocycles. The van der Waals surface area contributed by atoms with Crippen molar-refractivity contribution in [3.63, 3.8) is 0 Å². The second kappa shape index (κ2) is 8.15. The van der Waals surface area contributed by atoms with Crippen LogP contribution in [0.5, 0.6) is 0 Å². The Morgan fingerprint density at radius 3 is 2.42 bits per heavy atom. The Bertz CT molecular complexity index is 298. The molecule has 1 rings (SSSR count). The van der Waals surface area contributed by atoms with Crippen LogP contribution in [0.4, 0.5) is 0 Å². The number of carbonyl (C=O) groups excluding carboxylic acids is 1. The summed E-state index contributed by atoms with van der Waals surface area (Å²) in [4.78, 5) is 22.5. The Balaban J connectivity index is 2.20. The molecular formula is C14H25NO4. The standard InChI is InChI=1S/C14H25NO4/c1-19-14(9-5-3-6-10-14)13(18)15-11-7-2-4-8-12(16)17/h2-11H2,1H3,(H,15,18)(H,16,17). The number of rotatable bonds is 8. The van der Waals surface area contributed by atoms with Crippen LogP contribution in [0.2, 0.25) is 0 Å². The number of hydrogen-bond donors (Lipinski definition) is 2. The van der Waals surface area contributed by atoms with E-state index < -0.39 is 11.6 Å². The number of unbranched alkanes of at least 4 members (excludes halogenated alkanes) is 2. The largest absolute Gasteiger partial charge is 0.481 e. The summed E-state index contributed by atoms with van der Waals surface area (Å²) in [5, 5.41) is 11.4. The molecule has 0 heterocycles. The van der Waals surface area contributed by atoms with Gasteiger partial charge in [0.15, 0.2) is 0 Å². The number of aliphatic carboxylic acids is 1. The molecule has 0 radical (unpaired) electrons. The number of nitrogens with one attached hydrogen (secondary N) is 1. The van der Waals surface area contributed by atoms with Gasteiger partial charge in [-0.3, -0.25) is 9.59 Å². The molecule has 0 atom stereocenters. The first-order chi connectivity index (χ1) is 9.10. The molecule has 0 unspecified atom stereocenters. The average molecular weight is 271 g/mol. The molecule has 1 aliphatic carbocycles. The van der Waals surface area contributed by atoms with Gasteiger partial charge < -0.3 is 15.2 Å². The predicted octanol–water partition coefficient (Wildman–Crippen LogP) is 2.10. The summed E-state index contributed by atoms with van der Waals surface area (Å²) in [6, 6.07) is 0. The van der Waals surface area contributed by atoms with Gasteiger partial charge in [0.05, 0.1) is 0 Å². The van der Waals surface area contributed by atoms with Gasteiger partial charge in [0.2, 0.25) is 0 Å². The van der Waals surface area contributed by atoms with Gasteiger partial charge in [0.1, 0.15) is 5.60 Å². The van der Waals surface area contributed by atoms with E-state index in [0.29, 0.717) is 13.0 Å². The Kier molecular flexibility index (Phi) is 6.84. The van der Waals surface area contributed by atoms with E-state index in [1.54, 1.807) is 7.11 Å². The van der Waals surface area contributed by atoms with E-state index in [4.69, 9.17) is 9.84 Å². The van der Waals surface area contributed by atoms with Crippen molar-refractivity contribution < 1.29 is 19.4 Å². The van der Waals surface area contributed by atoms with Crippen LogP contribution in [-0.4, -0.2) is 36.2 Å². The lowest BCUT2D eigenvalue weighted by Crippen LogP contribution is -2.49. The summed E-state index contributed by atoms with van der Waals surface area (Å²) in [7, 11) is 1.61. The molecule has 1 aliphatic rings. The number of carboxylic acid groups (broad SMARTS) is 1. The minimum absolute atomic E-state index is 0.00654. The zero-order valence-electron chi connectivity index (χ0n) is 11.7. The normalized spacial score (nSPS) is 17.9. The highest BCUT2D eigenvalue weighted by Gasteiger charge is 2.39. The second-order valence-corrected chi connectivity index (χ2v) is 5.22.